The molecule has 1 rings (SSSR count). The summed E-state index contributed by atoms with van der Waals surface area (Å²) >= 11 is 1.52. The maximum Gasteiger partial charge on any atom is 0.171 e. The molecule has 0 saturated heterocycles. The van der Waals surface area contributed by atoms with Gasteiger partial charge in [-0.3, -0.25) is 0 Å². The summed E-state index contributed by atoms with van der Waals surface area (Å²) in [4.78, 5) is 8.05. The van der Waals surface area contributed by atoms with Crippen LogP contribution in [0, 0.1) is 0 Å². The van der Waals surface area contributed by atoms with Crippen molar-refractivity contribution in [3.05, 3.63) is 24.3 Å². The smallest absolute Gasteiger partial charge is 0.171 e. The lowest BCUT2D eigenvalue weighted by molar-refractivity contribution is 0.804. The Morgan fingerprint density at radius 1 is 1.31 bits per heavy atom. The number of hydrogen-bond acceptors (Lipinski definition) is 4. The van der Waals surface area contributed by atoms with E-state index in [0.717, 1.165) is 0 Å². The highest BCUT2D eigenvalue weighted by atomic mass is 32.2. The molecular weight excluding hydrogens is 182 g/mol. The van der Waals surface area contributed by atoms with Crippen LogP contribution in [-0.4, -0.2) is 20.9 Å². The Balaban J connectivity index is 2.51. The van der Waals surface area contributed by atoms with Crippen LogP contribution < -0.4 is 0 Å². The fourth-order valence-corrected chi connectivity index (χ4v) is 1.07. The first kappa shape index (κ1) is 10.2. The van der Waals surface area contributed by atoms with E-state index >= 15 is 0 Å². The zero-order chi connectivity index (χ0) is 9.73. The highest BCUT2D eigenvalue weighted by Crippen LogP contribution is 2.23. The molecule has 0 fully saturated rings. The summed E-state index contributed by atoms with van der Waals surface area (Å²) in [7, 11) is 0. The average Bonchev–Trinajstić information content (AvgIpc) is 2.04. The van der Waals surface area contributed by atoms with Crippen molar-refractivity contribution in [2.45, 2.75) is 25.5 Å². The van der Waals surface area contributed by atoms with Crippen molar-refractivity contribution in [3.8, 4) is 0 Å². The second kappa shape index (κ2) is 4.37. The van der Waals surface area contributed by atoms with E-state index in [1.54, 1.807) is 24.7 Å². The first-order valence-corrected chi connectivity index (χ1v) is 4.84. The van der Waals surface area contributed by atoms with Gasteiger partial charge in [0, 0.05) is 17.1 Å². The van der Waals surface area contributed by atoms with Gasteiger partial charge in [0.1, 0.15) is 0 Å². The van der Waals surface area contributed by atoms with Crippen LogP contribution in [0.25, 0.3) is 0 Å². The van der Waals surface area contributed by atoms with Gasteiger partial charge in [0.05, 0.1) is 6.21 Å². The molecule has 0 N–H and O–H groups in total. The van der Waals surface area contributed by atoms with Crippen molar-refractivity contribution in [2.24, 2.45) is 4.40 Å². The molecule has 0 bridgehead atoms. The lowest BCUT2D eigenvalue weighted by Crippen LogP contribution is -2.05. The Bertz CT molecular complexity index is 277. The van der Waals surface area contributed by atoms with Crippen LogP contribution in [0.3, 0.4) is 0 Å². The van der Waals surface area contributed by atoms with Gasteiger partial charge in [0.2, 0.25) is 0 Å². The van der Waals surface area contributed by atoms with E-state index in [-0.39, 0.29) is 4.75 Å². The van der Waals surface area contributed by atoms with E-state index in [2.05, 4.69) is 35.1 Å². The number of rotatable bonds is 2. The summed E-state index contributed by atoms with van der Waals surface area (Å²) < 4.78 is 4.32. The highest BCUT2D eigenvalue weighted by Gasteiger charge is 2.08. The van der Waals surface area contributed by atoms with Crippen LogP contribution in [0.15, 0.2) is 22.9 Å². The van der Waals surface area contributed by atoms with E-state index < -0.39 is 0 Å². The van der Waals surface area contributed by atoms with Crippen LogP contribution in [0.1, 0.15) is 26.6 Å². The normalized spacial score (nSPS) is 12.2. The van der Waals surface area contributed by atoms with Crippen molar-refractivity contribution in [3.63, 3.8) is 0 Å². The maximum atomic E-state index is 4.18. The summed E-state index contributed by atoms with van der Waals surface area (Å²) in [6, 6.07) is 1.79. The zero-order valence-corrected chi connectivity index (χ0v) is 8.88. The molecule has 0 aliphatic rings. The molecule has 4 heteroatoms. The summed E-state index contributed by atoms with van der Waals surface area (Å²) in [5.74, 6) is 0.652. The number of nitrogens with zero attached hydrogens (tertiary/aromatic N) is 3. The van der Waals surface area contributed by atoms with Gasteiger partial charge in [-0.05, 0) is 38.8 Å². The molecule has 0 aliphatic heterocycles. The van der Waals surface area contributed by atoms with E-state index in [1.807, 2.05) is 0 Å². The lowest BCUT2D eigenvalue weighted by atomic mass is 10.3. The Morgan fingerprint density at radius 2 is 1.92 bits per heavy atom. The Labute approximate surface area is 82.8 Å². The fourth-order valence-electron chi connectivity index (χ4n) is 0.609. The van der Waals surface area contributed by atoms with E-state index in [1.165, 1.54) is 11.9 Å². The fraction of sp³-hybridized carbons (Fsp3) is 0.444. The second-order valence-corrected chi connectivity index (χ2v) is 5.16. The number of aromatic nitrogens is 2. The van der Waals surface area contributed by atoms with Crippen molar-refractivity contribution >= 4 is 18.2 Å². The Kier molecular flexibility index (Phi) is 3.42. The summed E-state index contributed by atoms with van der Waals surface area (Å²) in [5.41, 5.74) is 0. The van der Waals surface area contributed by atoms with Crippen molar-refractivity contribution in [1.29, 1.82) is 0 Å². The zero-order valence-electron chi connectivity index (χ0n) is 8.06. The third-order valence-corrected chi connectivity index (χ3v) is 1.84. The van der Waals surface area contributed by atoms with Crippen molar-refractivity contribution in [2.75, 3.05) is 0 Å². The van der Waals surface area contributed by atoms with E-state index in [0.29, 0.717) is 5.82 Å². The quantitative estimate of drug-likeness (QED) is 0.537. The molecule has 70 valence electrons. The molecule has 1 heterocycles. The molecule has 1 aromatic rings. The Hall–Kier alpha value is -0.900. The standard InChI is InChI=1S/C9H13N3S/c1-9(2,3)13-12-7-8-10-5-4-6-11-8/h4-7H,1-3H3/b12-7+. The van der Waals surface area contributed by atoms with E-state index in [4.69, 9.17) is 0 Å². The van der Waals surface area contributed by atoms with Gasteiger partial charge in [0.25, 0.3) is 0 Å². The van der Waals surface area contributed by atoms with Crippen LogP contribution in [-0.2, 0) is 0 Å². The van der Waals surface area contributed by atoms with Gasteiger partial charge < -0.3 is 0 Å². The topological polar surface area (TPSA) is 38.1 Å². The summed E-state index contributed by atoms with van der Waals surface area (Å²) in [5, 5.41) is 0. The van der Waals surface area contributed by atoms with Gasteiger partial charge in [-0.15, -0.1) is 0 Å². The molecule has 0 spiro atoms. The minimum absolute atomic E-state index is 0.144. The van der Waals surface area contributed by atoms with Gasteiger partial charge >= 0.3 is 0 Å². The first-order valence-electron chi connectivity index (χ1n) is 4.06. The van der Waals surface area contributed by atoms with Gasteiger partial charge in [-0.1, -0.05) is 0 Å². The van der Waals surface area contributed by atoms with Gasteiger partial charge in [-0.25, -0.2) is 14.4 Å². The third kappa shape index (κ3) is 4.62. The highest BCUT2D eigenvalue weighted by molar-refractivity contribution is 7.99. The van der Waals surface area contributed by atoms with E-state index in [9.17, 15) is 0 Å². The molecule has 0 atom stereocenters. The average molecular weight is 195 g/mol. The minimum Gasteiger partial charge on any atom is -0.236 e. The first-order chi connectivity index (χ1) is 6.08. The van der Waals surface area contributed by atoms with Crippen LogP contribution in [0.5, 0.6) is 0 Å². The van der Waals surface area contributed by atoms with Crippen molar-refractivity contribution in [1.82, 2.24) is 9.97 Å². The molecule has 0 radical (unpaired) electrons. The molecule has 0 unspecified atom stereocenters. The summed E-state index contributed by atoms with van der Waals surface area (Å²) in [6.07, 6.45) is 5.09. The Morgan fingerprint density at radius 3 is 2.46 bits per heavy atom. The SMILES string of the molecule is CC(C)(C)S/N=C/c1ncccn1. The monoisotopic (exact) mass is 195 g/mol. The van der Waals surface area contributed by atoms with Gasteiger partial charge in [-0.2, -0.15) is 0 Å². The molecule has 0 aliphatic carbocycles. The van der Waals surface area contributed by atoms with Crippen LogP contribution in [0.4, 0.5) is 0 Å². The molecule has 3 nitrogen and oxygen atoms in total. The van der Waals surface area contributed by atoms with Crippen LogP contribution >= 0.6 is 11.9 Å². The largest absolute Gasteiger partial charge is 0.236 e. The third-order valence-electron chi connectivity index (χ3n) is 1.08. The lowest BCUT2D eigenvalue weighted by Gasteiger charge is -2.11. The minimum atomic E-state index is 0.144. The second-order valence-electron chi connectivity index (χ2n) is 3.55. The molecule has 13 heavy (non-hydrogen) atoms. The summed E-state index contributed by atoms with van der Waals surface area (Å²) in [6.45, 7) is 6.34. The molecule has 0 amide bonds. The molecule has 0 aromatic carbocycles. The molecule has 1 aromatic heterocycles. The van der Waals surface area contributed by atoms with Crippen LogP contribution in [0.2, 0.25) is 0 Å². The molecular formula is C9H13N3S. The predicted molar refractivity (Wildman–Crippen MR) is 57.0 cm³/mol. The maximum absolute atomic E-state index is 4.18. The number of hydrogen-bond donors (Lipinski definition) is 0. The van der Waals surface area contributed by atoms with Gasteiger partial charge in [0.15, 0.2) is 5.82 Å². The predicted octanol–water partition coefficient (Wildman–Crippen LogP) is 2.34. The van der Waals surface area contributed by atoms with Crippen molar-refractivity contribution < 1.29 is 0 Å². The molecule has 0 saturated carbocycles.